The van der Waals surface area contributed by atoms with Gasteiger partial charge in [0.05, 0.1) is 6.04 Å². The van der Waals surface area contributed by atoms with E-state index in [1.807, 2.05) is 18.5 Å². The van der Waals surface area contributed by atoms with Crippen LogP contribution in [0.4, 0.5) is 5.69 Å². The van der Waals surface area contributed by atoms with Crippen molar-refractivity contribution in [2.75, 3.05) is 5.32 Å². The van der Waals surface area contributed by atoms with E-state index in [0.29, 0.717) is 5.92 Å². The topological polar surface area (TPSA) is 24.9 Å². The molecule has 0 radical (unpaired) electrons. The van der Waals surface area contributed by atoms with E-state index in [-0.39, 0.29) is 6.04 Å². The lowest BCUT2D eigenvalue weighted by Gasteiger charge is -2.25. The number of nitrogens with one attached hydrogen (secondary N) is 1. The second kappa shape index (κ2) is 5.96. The molecule has 0 aliphatic heterocycles. The minimum absolute atomic E-state index is 0.289. The third kappa shape index (κ3) is 2.89. The van der Waals surface area contributed by atoms with Gasteiger partial charge in [-0.1, -0.05) is 56.3 Å². The lowest BCUT2D eigenvalue weighted by molar-refractivity contribution is 0.547. The molecule has 0 spiro atoms. The molecule has 2 heteroatoms. The largest absolute Gasteiger partial charge is 0.377 e. The van der Waals surface area contributed by atoms with Gasteiger partial charge in [-0.05, 0) is 29.0 Å². The highest BCUT2D eigenvalue weighted by molar-refractivity contribution is 5.93. The van der Waals surface area contributed by atoms with Crippen molar-refractivity contribution in [1.29, 1.82) is 0 Å². The molecular weight excluding hydrogens is 256 g/mol. The second-order valence-electron chi connectivity index (χ2n) is 5.68. The minimum Gasteiger partial charge on any atom is -0.377 e. The molecule has 1 atom stereocenters. The van der Waals surface area contributed by atoms with Crippen LogP contribution in [0, 0.1) is 5.92 Å². The van der Waals surface area contributed by atoms with Crippen LogP contribution in [0.5, 0.6) is 0 Å². The van der Waals surface area contributed by atoms with Gasteiger partial charge in [0.15, 0.2) is 0 Å². The number of aromatic nitrogens is 1. The zero-order valence-electron chi connectivity index (χ0n) is 12.5. The highest BCUT2D eigenvalue weighted by atomic mass is 14.9. The highest BCUT2D eigenvalue weighted by Crippen LogP contribution is 2.30. The van der Waals surface area contributed by atoms with E-state index in [1.165, 1.54) is 16.3 Å². The molecule has 3 rings (SSSR count). The normalized spacial score (nSPS) is 12.5. The number of hydrogen-bond donors (Lipinski definition) is 1. The first kappa shape index (κ1) is 13.6. The van der Waals surface area contributed by atoms with Crippen molar-refractivity contribution in [1.82, 2.24) is 4.98 Å². The summed E-state index contributed by atoms with van der Waals surface area (Å²) in [4.78, 5) is 4.26. The fourth-order valence-corrected chi connectivity index (χ4v) is 2.70. The first-order valence-electron chi connectivity index (χ1n) is 7.40. The Hall–Kier alpha value is -2.35. The van der Waals surface area contributed by atoms with Crippen molar-refractivity contribution in [3.05, 3.63) is 72.6 Å². The van der Waals surface area contributed by atoms with E-state index in [1.54, 1.807) is 0 Å². The zero-order valence-corrected chi connectivity index (χ0v) is 12.5. The molecule has 1 unspecified atom stereocenters. The second-order valence-corrected chi connectivity index (χ2v) is 5.68. The lowest BCUT2D eigenvalue weighted by Crippen LogP contribution is -2.16. The molecule has 21 heavy (non-hydrogen) atoms. The summed E-state index contributed by atoms with van der Waals surface area (Å²) in [5.41, 5.74) is 2.46. The maximum atomic E-state index is 4.26. The Morgan fingerprint density at radius 1 is 0.905 bits per heavy atom. The van der Waals surface area contributed by atoms with Crippen LogP contribution in [0.1, 0.15) is 25.5 Å². The summed E-state index contributed by atoms with van der Waals surface area (Å²) in [6.07, 6.45) is 3.77. The maximum Gasteiger partial charge on any atom is 0.0536 e. The van der Waals surface area contributed by atoms with E-state index >= 15 is 0 Å². The third-order valence-electron chi connectivity index (χ3n) is 3.82. The Bertz CT molecular complexity index is 714. The number of fused-ring (bicyclic) bond motifs is 1. The Kier molecular flexibility index (Phi) is 3.87. The van der Waals surface area contributed by atoms with Crippen molar-refractivity contribution >= 4 is 16.5 Å². The predicted octanol–water partition coefficient (Wildman–Crippen LogP) is 5.04. The third-order valence-corrected chi connectivity index (χ3v) is 3.82. The van der Waals surface area contributed by atoms with Crippen molar-refractivity contribution in [2.45, 2.75) is 19.9 Å². The number of hydrogen-bond acceptors (Lipinski definition) is 2. The van der Waals surface area contributed by atoms with Crippen LogP contribution in [0.3, 0.4) is 0 Å². The van der Waals surface area contributed by atoms with Crippen LogP contribution in [0.2, 0.25) is 0 Å². The number of anilines is 1. The fourth-order valence-electron chi connectivity index (χ4n) is 2.70. The first-order chi connectivity index (χ1) is 10.3. The van der Waals surface area contributed by atoms with Gasteiger partial charge in [0.1, 0.15) is 0 Å². The lowest BCUT2D eigenvalue weighted by atomic mass is 9.95. The molecule has 0 saturated heterocycles. The van der Waals surface area contributed by atoms with E-state index < -0.39 is 0 Å². The molecule has 1 N–H and O–H groups in total. The van der Waals surface area contributed by atoms with Gasteiger partial charge in [-0.3, -0.25) is 4.98 Å². The molecule has 0 fully saturated rings. The van der Waals surface area contributed by atoms with Crippen molar-refractivity contribution in [2.24, 2.45) is 5.92 Å². The Balaban J connectivity index is 1.99. The molecule has 0 saturated carbocycles. The average molecular weight is 276 g/mol. The van der Waals surface area contributed by atoms with Gasteiger partial charge in [0.2, 0.25) is 0 Å². The number of pyridine rings is 1. The van der Waals surface area contributed by atoms with Gasteiger partial charge in [-0.15, -0.1) is 0 Å². The molecule has 1 aromatic heterocycles. The summed E-state index contributed by atoms with van der Waals surface area (Å²) in [7, 11) is 0. The van der Waals surface area contributed by atoms with Crippen LogP contribution < -0.4 is 5.32 Å². The van der Waals surface area contributed by atoms with E-state index in [4.69, 9.17) is 0 Å². The maximum absolute atomic E-state index is 4.26. The summed E-state index contributed by atoms with van der Waals surface area (Å²) in [5, 5.41) is 6.08. The van der Waals surface area contributed by atoms with Crippen LogP contribution >= 0.6 is 0 Å². The standard InChI is InChI=1S/C19H20N2/c1-14(2)19(16-7-4-3-5-8-16)21-18-10-6-9-15-11-12-20-13-17(15)18/h3-14,19,21H,1-2H3. The van der Waals surface area contributed by atoms with Crippen LogP contribution in [-0.4, -0.2) is 4.98 Å². The predicted molar refractivity (Wildman–Crippen MR) is 89.4 cm³/mol. The smallest absolute Gasteiger partial charge is 0.0536 e. The van der Waals surface area contributed by atoms with Crippen molar-refractivity contribution in [3.8, 4) is 0 Å². The van der Waals surface area contributed by atoms with Gasteiger partial charge < -0.3 is 5.32 Å². The number of benzene rings is 2. The Morgan fingerprint density at radius 3 is 2.48 bits per heavy atom. The monoisotopic (exact) mass is 276 g/mol. The fraction of sp³-hybridized carbons (Fsp3) is 0.211. The van der Waals surface area contributed by atoms with Crippen LogP contribution in [-0.2, 0) is 0 Å². The molecule has 3 aromatic rings. The molecule has 2 aromatic carbocycles. The van der Waals surface area contributed by atoms with Gasteiger partial charge in [0.25, 0.3) is 0 Å². The van der Waals surface area contributed by atoms with Gasteiger partial charge in [-0.25, -0.2) is 0 Å². The zero-order chi connectivity index (χ0) is 14.7. The SMILES string of the molecule is CC(C)C(Nc1cccc2ccncc12)c1ccccc1. The minimum atomic E-state index is 0.289. The van der Waals surface area contributed by atoms with Crippen molar-refractivity contribution in [3.63, 3.8) is 0 Å². The molecule has 2 nitrogen and oxygen atoms in total. The highest BCUT2D eigenvalue weighted by Gasteiger charge is 2.16. The molecule has 0 aliphatic carbocycles. The molecule has 0 aliphatic rings. The number of rotatable bonds is 4. The van der Waals surface area contributed by atoms with E-state index in [9.17, 15) is 0 Å². The summed E-state index contributed by atoms with van der Waals surface area (Å²) >= 11 is 0. The number of nitrogens with zero attached hydrogens (tertiary/aromatic N) is 1. The first-order valence-corrected chi connectivity index (χ1v) is 7.40. The quantitative estimate of drug-likeness (QED) is 0.721. The summed E-state index contributed by atoms with van der Waals surface area (Å²) in [5.74, 6) is 0.499. The van der Waals surface area contributed by atoms with Gasteiger partial charge in [0, 0.05) is 23.5 Å². The van der Waals surface area contributed by atoms with Crippen LogP contribution in [0.25, 0.3) is 10.8 Å². The molecule has 106 valence electrons. The molecule has 0 amide bonds. The summed E-state index contributed by atoms with van der Waals surface area (Å²) < 4.78 is 0. The van der Waals surface area contributed by atoms with Gasteiger partial charge in [-0.2, -0.15) is 0 Å². The van der Waals surface area contributed by atoms with Crippen molar-refractivity contribution < 1.29 is 0 Å². The molecule has 1 heterocycles. The summed E-state index contributed by atoms with van der Waals surface area (Å²) in [6, 6.07) is 19.3. The van der Waals surface area contributed by atoms with E-state index in [0.717, 1.165) is 5.69 Å². The molecule has 0 bridgehead atoms. The average Bonchev–Trinajstić information content (AvgIpc) is 2.53. The van der Waals surface area contributed by atoms with Crippen LogP contribution in [0.15, 0.2) is 67.0 Å². The summed E-state index contributed by atoms with van der Waals surface area (Å²) in [6.45, 7) is 4.49. The molecular formula is C19H20N2. The van der Waals surface area contributed by atoms with Gasteiger partial charge >= 0.3 is 0 Å². The van der Waals surface area contributed by atoms with E-state index in [2.05, 4.69) is 72.7 Å². The Labute approximate surface area is 125 Å². The Morgan fingerprint density at radius 2 is 1.71 bits per heavy atom.